The Labute approximate surface area is 189 Å². The number of guanidine groups is 1. The second-order valence-corrected chi connectivity index (χ2v) is 7.69. The van der Waals surface area contributed by atoms with Gasteiger partial charge < -0.3 is 16.0 Å². The number of hydrogen-bond donors (Lipinski definition) is 3. The number of halogens is 4. The summed E-state index contributed by atoms with van der Waals surface area (Å²) in [6.07, 6.45) is -3.48. The van der Waals surface area contributed by atoms with Crippen molar-refractivity contribution in [1.29, 1.82) is 0 Å². The molecule has 1 aromatic carbocycles. The van der Waals surface area contributed by atoms with Crippen molar-refractivity contribution < 1.29 is 13.2 Å². The molecule has 3 rings (SSSR count). The van der Waals surface area contributed by atoms with Gasteiger partial charge >= 0.3 is 6.18 Å². The Balaban J connectivity index is 0.00000300. The summed E-state index contributed by atoms with van der Waals surface area (Å²) in [5.74, 6) is 0.632. The van der Waals surface area contributed by atoms with Crippen LogP contribution in [0.25, 0.3) is 10.2 Å². The molecular formula is C18H26F3IN6S. The van der Waals surface area contributed by atoms with Crippen LogP contribution >= 0.6 is 35.3 Å². The van der Waals surface area contributed by atoms with E-state index in [-0.39, 0.29) is 30.0 Å². The average Bonchev–Trinajstić information content (AvgIpc) is 3.23. The molecule has 1 aliphatic heterocycles. The van der Waals surface area contributed by atoms with Crippen molar-refractivity contribution in [3.05, 3.63) is 24.3 Å². The van der Waals surface area contributed by atoms with E-state index in [4.69, 9.17) is 0 Å². The number of para-hydroxylation sites is 1. The minimum Gasteiger partial charge on any atom is -0.360 e. The van der Waals surface area contributed by atoms with Gasteiger partial charge in [-0.15, -0.1) is 24.0 Å². The van der Waals surface area contributed by atoms with Gasteiger partial charge in [0.2, 0.25) is 0 Å². The quantitative estimate of drug-likeness (QED) is 0.217. The van der Waals surface area contributed by atoms with Gasteiger partial charge in [0, 0.05) is 32.2 Å². The summed E-state index contributed by atoms with van der Waals surface area (Å²) in [5.41, 5.74) is 0.971. The summed E-state index contributed by atoms with van der Waals surface area (Å²) in [5, 5.41) is 10.5. The van der Waals surface area contributed by atoms with Gasteiger partial charge in [0.1, 0.15) is 0 Å². The van der Waals surface area contributed by atoms with Crippen molar-refractivity contribution in [3.63, 3.8) is 0 Å². The lowest BCUT2D eigenvalue weighted by Gasteiger charge is -2.19. The average molecular weight is 542 g/mol. The van der Waals surface area contributed by atoms with Gasteiger partial charge in [0.15, 0.2) is 11.1 Å². The Bertz CT molecular complexity index is 764. The van der Waals surface area contributed by atoms with Crippen LogP contribution in [0.1, 0.15) is 13.3 Å². The summed E-state index contributed by atoms with van der Waals surface area (Å²) in [6.45, 7) is 3.76. The Morgan fingerprint density at radius 2 is 2.14 bits per heavy atom. The number of nitrogens with zero attached hydrogens (tertiary/aromatic N) is 3. The largest absolute Gasteiger partial charge is 0.401 e. The molecule has 0 saturated carbocycles. The molecule has 162 valence electrons. The molecule has 0 spiro atoms. The minimum atomic E-state index is -4.15. The second kappa shape index (κ2) is 11.2. The number of alkyl halides is 3. The van der Waals surface area contributed by atoms with E-state index in [0.29, 0.717) is 45.1 Å². The van der Waals surface area contributed by atoms with E-state index in [0.717, 1.165) is 15.3 Å². The fourth-order valence-electron chi connectivity index (χ4n) is 3.14. The Morgan fingerprint density at radius 1 is 1.34 bits per heavy atom. The van der Waals surface area contributed by atoms with Crippen molar-refractivity contribution in [1.82, 2.24) is 20.5 Å². The third-order valence-electron chi connectivity index (χ3n) is 4.31. The summed E-state index contributed by atoms with van der Waals surface area (Å²) in [4.78, 5) is 10.5. The molecule has 3 N–H and O–H groups in total. The molecule has 1 aliphatic rings. The molecule has 2 heterocycles. The lowest BCUT2D eigenvalue weighted by Crippen LogP contribution is -2.45. The van der Waals surface area contributed by atoms with Gasteiger partial charge in [-0.3, -0.25) is 9.89 Å². The molecular weight excluding hydrogens is 516 g/mol. The molecule has 29 heavy (non-hydrogen) atoms. The van der Waals surface area contributed by atoms with Crippen LogP contribution in [0.5, 0.6) is 0 Å². The van der Waals surface area contributed by atoms with E-state index < -0.39 is 12.7 Å². The molecule has 1 fully saturated rings. The summed E-state index contributed by atoms with van der Waals surface area (Å²) in [7, 11) is 0. The molecule has 1 unspecified atom stereocenters. The Kier molecular flexibility index (Phi) is 9.21. The number of rotatable bonds is 7. The van der Waals surface area contributed by atoms with Crippen LogP contribution in [0.4, 0.5) is 18.3 Å². The molecule has 1 saturated heterocycles. The third kappa shape index (κ3) is 7.78. The number of likely N-dealkylation sites (tertiary alicyclic amines) is 1. The maximum absolute atomic E-state index is 12.5. The molecule has 0 aliphatic carbocycles. The van der Waals surface area contributed by atoms with E-state index in [2.05, 4.69) is 25.9 Å². The van der Waals surface area contributed by atoms with E-state index in [1.54, 1.807) is 11.3 Å². The normalized spacial score (nSPS) is 17.9. The predicted molar refractivity (Wildman–Crippen MR) is 124 cm³/mol. The monoisotopic (exact) mass is 542 g/mol. The molecule has 1 aromatic heterocycles. The van der Waals surface area contributed by atoms with Gasteiger partial charge in [-0.1, -0.05) is 23.5 Å². The Hall–Kier alpha value is -1.34. The van der Waals surface area contributed by atoms with Crippen LogP contribution in [0.3, 0.4) is 0 Å². The van der Waals surface area contributed by atoms with Crippen LogP contribution in [0, 0.1) is 0 Å². The standard InChI is InChI=1S/C18H25F3N6S.HI/c1-2-22-16(25-13-7-10-27(11-13)12-18(19,20)21)23-8-9-24-17-26-14-5-3-4-6-15(14)28-17;/h3-6,13H,2,7-12H2,1H3,(H,24,26)(H2,22,23,25);1H. The van der Waals surface area contributed by atoms with E-state index in [1.807, 2.05) is 31.2 Å². The van der Waals surface area contributed by atoms with Crippen molar-refractivity contribution in [2.45, 2.75) is 25.6 Å². The zero-order valence-corrected chi connectivity index (χ0v) is 19.3. The first-order valence-electron chi connectivity index (χ1n) is 9.36. The van der Waals surface area contributed by atoms with Gasteiger partial charge in [-0.25, -0.2) is 4.98 Å². The maximum atomic E-state index is 12.5. The van der Waals surface area contributed by atoms with Gasteiger partial charge in [-0.2, -0.15) is 13.2 Å². The number of fused-ring (bicyclic) bond motifs is 1. The minimum absolute atomic E-state index is 0. The number of hydrogen-bond acceptors (Lipinski definition) is 5. The first-order valence-corrected chi connectivity index (χ1v) is 10.2. The molecule has 0 radical (unpaired) electrons. The number of benzene rings is 1. The lowest BCUT2D eigenvalue weighted by molar-refractivity contribution is -0.143. The molecule has 6 nitrogen and oxygen atoms in total. The van der Waals surface area contributed by atoms with E-state index in [9.17, 15) is 13.2 Å². The van der Waals surface area contributed by atoms with Crippen LogP contribution in [0.15, 0.2) is 29.3 Å². The van der Waals surface area contributed by atoms with Crippen LogP contribution in [-0.4, -0.2) is 67.3 Å². The summed E-state index contributed by atoms with van der Waals surface area (Å²) >= 11 is 1.60. The van der Waals surface area contributed by atoms with Crippen LogP contribution in [0.2, 0.25) is 0 Å². The number of aliphatic imine (C=N–C) groups is 1. The number of anilines is 1. The lowest BCUT2D eigenvalue weighted by atomic mass is 10.3. The number of nitrogens with one attached hydrogen (secondary N) is 3. The fraction of sp³-hybridized carbons (Fsp3) is 0.556. The fourth-order valence-corrected chi connectivity index (χ4v) is 4.03. The van der Waals surface area contributed by atoms with Gasteiger partial charge in [0.05, 0.1) is 23.3 Å². The molecule has 0 amide bonds. The van der Waals surface area contributed by atoms with Crippen LogP contribution < -0.4 is 16.0 Å². The number of aromatic nitrogens is 1. The van der Waals surface area contributed by atoms with Crippen molar-refractivity contribution in [3.8, 4) is 0 Å². The highest BCUT2D eigenvalue weighted by molar-refractivity contribution is 14.0. The first-order chi connectivity index (χ1) is 13.4. The predicted octanol–water partition coefficient (Wildman–Crippen LogP) is 3.52. The van der Waals surface area contributed by atoms with Crippen molar-refractivity contribution in [2.75, 3.05) is 44.6 Å². The molecule has 1 atom stereocenters. The molecule has 0 bridgehead atoms. The van der Waals surface area contributed by atoms with Crippen LogP contribution in [-0.2, 0) is 0 Å². The van der Waals surface area contributed by atoms with E-state index >= 15 is 0 Å². The smallest absolute Gasteiger partial charge is 0.360 e. The second-order valence-electron chi connectivity index (χ2n) is 6.65. The highest BCUT2D eigenvalue weighted by Crippen LogP contribution is 2.25. The summed E-state index contributed by atoms with van der Waals surface area (Å²) < 4.78 is 38.7. The van der Waals surface area contributed by atoms with Gasteiger partial charge in [0.25, 0.3) is 0 Å². The first kappa shape index (κ1) is 23.9. The maximum Gasteiger partial charge on any atom is 0.401 e. The zero-order valence-electron chi connectivity index (χ0n) is 16.1. The highest BCUT2D eigenvalue weighted by Gasteiger charge is 2.34. The zero-order chi connectivity index (χ0) is 20.0. The molecule has 2 aromatic rings. The third-order valence-corrected chi connectivity index (χ3v) is 5.31. The summed E-state index contributed by atoms with van der Waals surface area (Å²) in [6, 6.07) is 7.93. The SMILES string of the molecule is CCNC(=NCCNc1nc2ccccc2s1)NC1CCN(CC(F)(F)F)C1.I. The molecule has 11 heteroatoms. The Morgan fingerprint density at radius 3 is 2.86 bits per heavy atom. The topological polar surface area (TPSA) is 64.6 Å². The number of thiazole rings is 1. The highest BCUT2D eigenvalue weighted by atomic mass is 127. The van der Waals surface area contributed by atoms with Crippen molar-refractivity contribution >= 4 is 56.6 Å². The van der Waals surface area contributed by atoms with Gasteiger partial charge in [-0.05, 0) is 25.5 Å². The van der Waals surface area contributed by atoms with E-state index in [1.165, 1.54) is 4.90 Å². The van der Waals surface area contributed by atoms with Crippen molar-refractivity contribution in [2.24, 2.45) is 4.99 Å².